The van der Waals surface area contributed by atoms with E-state index >= 15 is 0 Å². The van der Waals surface area contributed by atoms with Crippen LogP contribution in [0.5, 0.6) is 0 Å². The number of nitrogens with zero attached hydrogens (tertiary/aromatic N) is 1. The van der Waals surface area contributed by atoms with Crippen LogP contribution in [0.1, 0.15) is 31.9 Å². The molecule has 0 aliphatic heterocycles. The third-order valence-electron chi connectivity index (χ3n) is 2.91. The quantitative estimate of drug-likeness (QED) is 0.564. The second kappa shape index (κ2) is 8.17. The first-order valence-corrected chi connectivity index (χ1v) is 8.01. The molecule has 6 heteroatoms. The van der Waals surface area contributed by atoms with Gasteiger partial charge in [0, 0.05) is 23.6 Å². The second-order valence-electron chi connectivity index (χ2n) is 6.15. The molecule has 0 aliphatic rings. The van der Waals surface area contributed by atoms with Crippen LogP contribution in [0.15, 0.2) is 27.7 Å². The van der Waals surface area contributed by atoms with E-state index in [0.717, 1.165) is 4.47 Å². The Morgan fingerprint density at radius 3 is 2.50 bits per heavy atom. The van der Waals surface area contributed by atoms with E-state index in [1.165, 1.54) is 11.1 Å². The lowest BCUT2D eigenvalue weighted by Crippen LogP contribution is -2.48. The molecule has 0 heterocycles. The summed E-state index contributed by atoms with van der Waals surface area (Å²) in [5, 5.41) is 9.12. The molecule has 122 valence electrons. The van der Waals surface area contributed by atoms with Crippen molar-refractivity contribution in [3.05, 3.63) is 33.8 Å². The molecular weight excluding hydrogens is 344 g/mol. The highest BCUT2D eigenvalue weighted by atomic mass is 79.9. The number of rotatable bonds is 4. The van der Waals surface area contributed by atoms with Crippen molar-refractivity contribution >= 4 is 27.8 Å². The summed E-state index contributed by atoms with van der Waals surface area (Å²) in [6.45, 7) is 8.77. The van der Waals surface area contributed by atoms with Crippen LogP contribution in [0.3, 0.4) is 0 Å². The van der Waals surface area contributed by atoms with E-state index in [4.69, 9.17) is 0 Å². The Morgan fingerprint density at radius 2 is 1.95 bits per heavy atom. The molecule has 0 atom stereocenters. The fourth-order valence-electron chi connectivity index (χ4n) is 1.88. The van der Waals surface area contributed by atoms with E-state index in [1.54, 1.807) is 7.05 Å². The van der Waals surface area contributed by atoms with Gasteiger partial charge in [-0.05, 0) is 51.0 Å². The van der Waals surface area contributed by atoms with Gasteiger partial charge >= 0.3 is 0 Å². The first-order chi connectivity index (χ1) is 10.2. The maximum Gasteiger partial charge on any atom is 0.239 e. The van der Waals surface area contributed by atoms with Crippen molar-refractivity contribution in [1.82, 2.24) is 16.0 Å². The number of hydrogen-bond acceptors (Lipinski definition) is 2. The predicted octanol–water partition coefficient (Wildman–Crippen LogP) is 2.34. The van der Waals surface area contributed by atoms with Gasteiger partial charge in [-0.2, -0.15) is 0 Å². The number of nitrogens with one attached hydrogen (secondary N) is 3. The SMILES string of the molecule is CN=C(NCC(=O)NC(C)(C)C)NCc1ccc(Br)cc1C. The van der Waals surface area contributed by atoms with Crippen molar-refractivity contribution in [2.24, 2.45) is 4.99 Å². The van der Waals surface area contributed by atoms with Crippen molar-refractivity contribution in [1.29, 1.82) is 0 Å². The number of carbonyl (C=O) groups is 1. The minimum atomic E-state index is -0.232. The molecule has 0 aliphatic carbocycles. The fraction of sp³-hybridized carbons (Fsp3) is 0.500. The van der Waals surface area contributed by atoms with Gasteiger partial charge < -0.3 is 16.0 Å². The summed E-state index contributed by atoms with van der Waals surface area (Å²) in [6.07, 6.45) is 0. The van der Waals surface area contributed by atoms with Gasteiger partial charge in [0.15, 0.2) is 5.96 Å². The van der Waals surface area contributed by atoms with Gasteiger partial charge in [0.1, 0.15) is 0 Å². The van der Waals surface area contributed by atoms with Gasteiger partial charge in [0.05, 0.1) is 6.54 Å². The van der Waals surface area contributed by atoms with Crippen LogP contribution in [-0.4, -0.2) is 31.0 Å². The molecule has 1 rings (SSSR count). The minimum absolute atomic E-state index is 0.0599. The van der Waals surface area contributed by atoms with E-state index < -0.39 is 0 Å². The standard InChI is InChI=1S/C16H25BrN4O/c1-11-8-13(17)7-6-12(11)9-19-15(18-5)20-10-14(22)21-16(2,3)4/h6-8H,9-10H2,1-5H3,(H,21,22)(H2,18,19,20). The zero-order chi connectivity index (χ0) is 16.8. The van der Waals surface area contributed by atoms with Crippen molar-refractivity contribution < 1.29 is 4.79 Å². The molecule has 0 unspecified atom stereocenters. The first-order valence-electron chi connectivity index (χ1n) is 7.22. The van der Waals surface area contributed by atoms with Crippen LogP contribution < -0.4 is 16.0 Å². The summed E-state index contributed by atoms with van der Waals surface area (Å²) in [6, 6.07) is 6.15. The third-order valence-corrected chi connectivity index (χ3v) is 3.40. The lowest BCUT2D eigenvalue weighted by atomic mass is 10.1. The monoisotopic (exact) mass is 368 g/mol. The average molecular weight is 369 g/mol. The number of guanidine groups is 1. The van der Waals surface area contributed by atoms with E-state index in [-0.39, 0.29) is 18.0 Å². The van der Waals surface area contributed by atoms with E-state index in [1.807, 2.05) is 26.8 Å². The van der Waals surface area contributed by atoms with Gasteiger partial charge in [-0.25, -0.2) is 0 Å². The maximum atomic E-state index is 11.8. The molecule has 0 bridgehead atoms. The summed E-state index contributed by atoms with van der Waals surface area (Å²) < 4.78 is 1.06. The van der Waals surface area contributed by atoms with E-state index in [0.29, 0.717) is 12.5 Å². The Morgan fingerprint density at radius 1 is 1.27 bits per heavy atom. The molecule has 1 aromatic rings. The summed E-state index contributed by atoms with van der Waals surface area (Å²) in [5.41, 5.74) is 2.15. The normalized spacial score (nSPS) is 12.0. The summed E-state index contributed by atoms with van der Waals surface area (Å²) >= 11 is 3.45. The van der Waals surface area contributed by atoms with Crippen LogP contribution in [0.4, 0.5) is 0 Å². The highest BCUT2D eigenvalue weighted by molar-refractivity contribution is 9.10. The molecule has 1 aromatic carbocycles. The zero-order valence-corrected chi connectivity index (χ0v) is 15.5. The summed E-state index contributed by atoms with van der Waals surface area (Å²) in [7, 11) is 1.69. The molecule has 0 spiro atoms. The van der Waals surface area contributed by atoms with Crippen LogP contribution in [-0.2, 0) is 11.3 Å². The van der Waals surface area contributed by atoms with Gasteiger partial charge in [-0.1, -0.05) is 22.0 Å². The largest absolute Gasteiger partial charge is 0.352 e. The smallest absolute Gasteiger partial charge is 0.239 e. The number of aliphatic imine (C=N–C) groups is 1. The number of halogens is 1. The predicted molar refractivity (Wildman–Crippen MR) is 95.0 cm³/mol. The lowest BCUT2D eigenvalue weighted by Gasteiger charge is -2.21. The molecule has 0 aromatic heterocycles. The van der Waals surface area contributed by atoms with E-state index in [9.17, 15) is 4.79 Å². The topological polar surface area (TPSA) is 65.5 Å². The molecule has 0 saturated carbocycles. The summed E-state index contributed by atoms with van der Waals surface area (Å²) in [4.78, 5) is 15.9. The van der Waals surface area contributed by atoms with Crippen LogP contribution in [0, 0.1) is 6.92 Å². The van der Waals surface area contributed by atoms with Crippen molar-refractivity contribution in [3.8, 4) is 0 Å². The number of aryl methyl sites for hydroxylation is 1. The average Bonchev–Trinajstić information content (AvgIpc) is 2.38. The zero-order valence-electron chi connectivity index (χ0n) is 13.9. The molecule has 5 nitrogen and oxygen atoms in total. The van der Waals surface area contributed by atoms with Crippen molar-refractivity contribution in [3.63, 3.8) is 0 Å². The Kier molecular flexibility index (Phi) is 6.87. The first kappa shape index (κ1) is 18.5. The highest BCUT2D eigenvalue weighted by Crippen LogP contribution is 2.15. The molecule has 1 amide bonds. The van der Waals surface area contributed by atoms with Crippen LogP contribution in [0.25, 0.3) is 0 Å². The van der Waals surface area contributed by atoms with Gasteiger partial charge in [0.2, 0.25) is 5.91 Å². The lowest BCUT2D eigenvalue weighted by molar-refractivity contribution is -0.121. The Balaban J connectivity index is 2.48. The highest BCUT2D eigenvalue weighted by Gasteiger charge is 2.13. The molecule has 3 N–H and O–H groups in total. The van der Waals surface area contributed by atoms with Gasteiger partial charge in [-0.3, -0.25) is 9.79 Å². The molecule has 0 radical (unpaired) electrons. The Bertz CT molecular complexity index is 550. The Hall–Kier alpha value is -1.56. The molecule has 0 fully saturated rings. The second-order valence-corrected chi connectivity index (χ2v) is 7.06. The van der Waals surface area contributed by atoms with Crippen LogP contribution >= 0.6 is 15.9 Å². The van der Waals surface area contributed by atoms with Crippen molar-refractivity contribution in [2.45, 2.75) is 39.8 Å². The minimum Gasteiger partial charge on any atom is -0.352 e. The number of carbonyl (C=O) groups excluding carboxylic acids is 1. The van der Waals surface area contributed by atoms with Crippen molar-refractivity contribution in [2.75, 3.05) is 13.6 Å². The summed E-state index contributed by atoms with van der Waals surface area (Å²) in [5.74, 6) is 0.543. The number of benzene rings is 1. The van der Waals surface area contributed by atoms with E-state index in [2.05, 4.69) is 55.9 Å². The maximum absolute atomic E-state index is 11.8. The molecular formula is C16H25BrN4O. The van der Waals surface area contributed by atoms with Gasteiger partial charge in [-0.15, -0.1) is 0 Å². The Labute approximate surface area is 141 Å². The van der Waals surface area contributed by atoms with Gasteiger partial charge in [0.25, 0.3) is 0 Å². The number of hydrogen-bond donors (Lipinski definition) is 3. The molecule has 0 saturated heterocycles. The fourth-order valence-corrected chi connectivity index (χ4v) is 2.36. The number of amides is 1. The van der Waals surface area contributed by atoms with Crippen LogP contribution in [0.2, 0.25) is 0 Å². The molecule has 22 heavy (non-hydrogen) atoms. The third kappa shape index (κ3) is 6.93.